The minimum atomic E-state index is 0.963. The van der Waals surface area contributed by atoms with Gasteiger partial charge in [-0.3, -0.25) is 0 Å². The molecular weight excluding hydrogens is 168 g/mol. The predicted molar refractivity (Wildman–Crippen MR) is 60.9 cm³/mol. The first-order chi connectivity index (χ1) is 6.93. The van der Waals surface area contributed by atoms with Crippen molar-refractivity contribution in [2.24, 2.45) is 0 Å². The summed E-state index contributed by atoms with van der Waals surface area (Å²) >= 11 is 0. The van der Waals surface area contributed by atoms with Crippen LogP contribution in [0.3, 0.4) is 0 Å². The van der Waals surface area contributed by atoms with Gasteiger partial charge in [-0.1, -0.05) is 37.6 Å². The number of unbranched alkanes of at least 4 members (excludes halogenated alkanes) is 2. The Morgan fingerprint density at radius 1 is 1.21 bits per heavy atom. The maximum Gasteiger partial charge on any atom is 0.0129 e. The lowest BCUT2D eigenvalue weighted by molar-refractivity contribution is 0.827. The number of rotatable bonds is 4. The molecule has 0 aromatic heterocycles. The highest BCUT2D eigenvalue weighted by Gasteiger charge is 1.87. The van der Waals surface area contributed by atoms with E-state index in [1.807, 2.05) is 12.1 Å². The van der Waals surface area contributed by atoms with Crippen LogP contribution in [0.25, 0.3) is 0 Å². The lowest BCUT2D eigenvalue weighted by Gasteiger charge is -1.93. The van der Waals surface area contributed by atoms with Gasteiger partial charge in [0.1, 0.15) is 0 Å². The molecule has 0 aliphatic rings. The Labute approximate surface area is 87.4 Å². The standard InChI is InChI=1S/C14H17/c1-2-3-4-5-6-8-11-14-12-9-7-10-13-14/h7,9-10,12H,2-4,8,11H2,1H3. The Balaban J connectivity index is 2.17. The van der Waals surface area contributed by atoms with Crippen molar-refractivity contribution in [2.45, 2.75) is 39.0 Å². The van der Waals surface area contributed by atoms with Crippen LogP contribution < -0.4 is 0 Å². The van der Waals surface area contributed by atoms with Crippen molar-refractivity contribution < 1.29 is 0 Å². The van der Waals surface area contributed by atoms with E-state index in [-0.39, 0.29) is 0 Å². The SMILES string of the molecule is CCCCC#CCCc1[c]cccc1. The summed E-state index contributed by atoms with van der Waals surface area (Å²) < 4.78 is 0. The van der Waals surface area contributed by atoms with Gasteiger partial charge in [0.15, 0.2) is 0 Å². The first kappa shape index (κ1) is 10.9. The molecule has 1 radical (unpaired) electrons. The molecule has 1 aromatic rings. The molecule has 1 aromatic carbocycles. The second-order valence-corrected chi connectivity index (χ2v) is 3.34. The third-order valence-corrected chi connectivity index (χ3v) is 2.07. The molecule has 0 N–H and O–H groups in total. The molecule has 0 saturated heterocycles. The Bertz CT molecular complexity index is 287. The molecule has 73 valence electrons. The van der Waals surface area contributed by atoms with Crippen molar-refractivity contribution in [2.75, 3.05) is 0 Å². The number of aryl methyl sites for hydroxylation is 1. The Kier molecular flexibility index (Phi) is 5.59. The van der Waals surface area contributed by atoms with E-state index in [9.17, 15) is 0 Å². The summed E-state index contributed by atoms with van der Waals surface area (Å²) in [5.41, 5.74) is 1.26. The smallest absolute Gasteiger partial charge is 0.0129 e. The van der Waals surface area contributed by atoms with Crippen molar-refractivity contribution in [3.05, 3.63) is 35.9 Å². The van der Waals surface area contributed by atoms with Gasteiger partial charge in [-0.25, -0.2) is 0 Å². The third-order valence-electron chi connectivity index (χ3n) is 2.07. The van der Waals surface area contributed by atoms with E-state index < -0.39 is 0 Å². The zero-order valence-electron chi connectivity index (χ0n) is 8.84. The summed E-state index contributed by atoms with van der Waals surface area (Å²) in [5.74, 6) is 6.39. The van der Waals surface area contributed by atoms with Crippen LogP contribution in [0.5, 0.6) is 0 Å². The van der Waals surface area contributed by atoms with Crippen LogP contribution in [0.1, 0.15) is 38.2 Å². The summed E-state index contributed by atoms with van der Waals surface area (Å²) in [6.07, 6.45) is 5.50. The molecule has 0 aliphatic carbocycles. The van der Waals surface area contributed by atoms with Gasteiger partial charge in [0.05, 0.1) is 0 Å². The third kappa shape index (κ3) is 4.72. The van der Waals surface area contributed by atoms with Crippen molar-refractivity contribution in [1.82, 2.24) is 0 Å². The van der Waals surface area contributed by atoms with E-state index >= 15 is 0 Å². The highest BCUT2D eigenvalue weighted by atomic mass is 13.9. The molecule has 0 saturated carbocycles. The molecule has 0 bridgehead atoms. The number of benzene rings is 1. The van der Waals surface area contributed by atoms with E-state index in [1.165, 1.54) is 18.4 Å². The fraction of sp³-hybridized carbons (Fsp3) is 0.429. The van der Waals surface area contributed by atoms with Crippen molar-refractivity contribution in [1.29, 1.82) is 0 Å². The molecule has 0 amide bonds. The maximum atomic E-state index is 3.20. The number of hydrogen-bond acceptors (Lipinski definition) is 0. The largest absolute Gasteiger partial charge is 0.103 e. The van der Waals surface area contributed by atoms with E-state index in [0.717, 1.165) is 19.3 Å². The second-order valence-electron chi connectivity index (χ2n) is 3.34. The molecule has 0 aliphatic heterocycles. The summed E-state index contributed by atoms with van der Waals surface area (Å²) in [4.78, 5) is 0. The summed E-state index contributed by atoms with van der Waals surface area (Å²) in [6.45, 7) is 2.20. The lowest BCUT2D eigenvalue weighted by Crippen LogP contribution is -1.82. The van der Waals surface area contributed by atoms with Crippen LogP contribution in [-0.2, 0) is 6.42 Å². The van der Waals surface area contributed by atoms with E-state index in [1.54, 1.807) is 0 Å². The van der Waals surface area contributed by atoms with Crippen molar-refractivity contribution in [3.63, 3.8) is 0 Å². The van der Waals surface area contributed by atoms with Gasteiger partial charge in [-0.05, 0) is 24.5 Å². The lowest BCUT2D eigenvalue weighted by atomic mass is 10.1. The van der Waals surface area contributed by atoms with Gasteiger partial charge in [0.25, 0.3) is 0 Å². The minimum absolute atomic E-state index is 0.963. The molecule has 0 fully saturated rings. The van der Waals surface area contributed by atoms with Crippen molar-refractivity contribution in [3.8, 4) is 11.8 Å². The summed E-state index contributed by atoms with van der Waals surface area (Å²) in [6, 6.07) is 11.3. The quantitative estimate of drug-likeness (QED) is 0.496. The molecule has 14 heavy (non-hydrogen) atoms. The first-order valence-electron chi connectivity index (χ1n) is 5.35. The van der Waals surface area contributed by atoms with Gasteiger partial charge in [0.2, 0.25) is 0 Å². The Morgan fingerprint density at radius 2 is 2.07 bits per heavy atom. The van der Waals surface area contributed by atoms with Gasteiger partial charge in [0, 0.05) is 12.8 Å². The Morgan fingerprint density at radius 3 is 2.79 bits per heavy atom. The van der Waals surface area contributed by atoms with Crippen LogP contribution in [0.15, 0.2) is 24.3 Å². The molecule has 0 nitrogen and oxygen atoms in total. The average molecular weight is 185 g/mol. The first-order valence-corrected chi connectivity index (χ1v) is 5.35. The molecule has 0 heterocycles. The molecular formula is C14H17. The topological polar surface area (TPSA) is 0 Å². The fourth-order valence-corrected chi connectivity index (χ4v) is 1.23. The zero-order valence-corrected chi connectivity index (χ0v) is 8.84. The van der Waals surface area contributed by atoms with E-state index in [0.29, 0.717) is 0 Å². The monoisotopic (exact) mass is 185 g/mol. The molecule has 1 rings (SSSR count). The minimum Gasteiger partial charge on any atom is -0.103 e. The van der Waals surface area contributed by atoms with Crippen LogP contribution in [0.4, 0.5) is 0 Å². The van der Waals surface area contributed by atoms with E-state index in [4.69, 9.17) is 0 Å². The second kappa shape index (κ2) is 7.21. The number of hydrogen-bond donors (Lipinski definition) is 0. The summed E-state index contributed by atoms with van der Waals surface area (Å²) in [5, 5.41) is 0. The van der Waals surface area contributed by atoms with Gasteiger partial charge < -0.3 is 0 Å². The maximum absolute atomic E-state index is 3.20. The van der Waals surface area contributed by atoms with Gasteiger partial charge in [-0.15, -0.1) is 11.8 Å². The fourth-order valence-electron chi connectivity index (χ4n) is 1.23. The zero-order chi connectivity index (χ0) is 10.1. The predicted octanol–water partition coefficient (Wildman–Crippen LogP) is 3.61. The van der Waals surface area contributed by atoms with Gasteiger partial charge >= 0.3 is 0 Å². The molecule has 0 spiro atoms. The molecule has 0 heteroatoms. The highest BCUT2D eigenvalue weighted by molar-refractivity contribution is 5.14. The van der Waals surface area contributed by atoms with Crippen LogP contribution >= 0.6 is 0 Å². The Hall–Kier alpha value is -1.22. The summed E-state index contributed by atoms with van der Waals surface area (Å²) in [7, 11) is 0. The highest BCUT2D eigenvalue weighted by Crippen LogP contribution is 2.00. The van der Waals surface area contributed by atoms with Gasteiger partial charge in [-0.2, -0.15) is 0 Å². The van der Waals surface area contributed by atoms with Crippen LogP contribution in [-0.4, -0.2) is 0 Å². The van der Waals surface area contributed by atoms with Crippen LogP contribution in [0.2, 0.25) is 0 Å². The molecule has 0 atom stereocenters. The average Bonchev–Trinajstić information content (AvgIpc) is 2.25. The van der Waals surface area contributed by atoms with Crippen LogP contribution in [0, 0.1) is 17.9 Å². The van der Waals surface area contributed by atoms with E-state index in [2.05, 4.69) is 37.0 Å². The van der Waals surface area contributed by atoms with Crippen molar-refractivity contribution >= 4 is 0 Å². The normalized spacial score (nSPS) is 9.21. The molecule has 0 unspecified atom stereocenters.